The van der Waals surface area contributed by atoms with E-state index in [4.69, 9.17) is 5.26 Å². The molecule has 0 aromatic heterocycles. The lowest BCUT2D eigenvalue weighted by Gasteiger charge is -2.06. The molecule has 1 aliphatic carbocycles. The van der Waals surface area contributed by atoms with Crippen molar-refractivity contribution in [3.05, 3.63) is 0 Å². The summed E-state index contributed by atoms with van der Waals surface area (Å²) in [7, 11) is -3.40. The SMILES string of the molecule is CC1CC1CNS(=O)(=O)C(C)C#N. The van der Waals surface area contributed by atoms with Crippen LogP contribution in [0.4, 0.5) is 0 Å². The van der Waals surface area contributed by atoms with Crippen molar-refractivity contribution >= 4 is 10.0 Å². The van der Waals surface area contributed by atoms with E-state index in [1.54, 1.807) is 6.07 Å². The highest BCUT2D eigenvalue weighted by atomic mass is 32.2. The molecule has 74 valence electrons. The van der Waals surface area contributed by atoms with Crippen molar-refractivity contribution in [1.82, 2.24) is 4.72 Å². The van der Waals surface area contributed by atoms with Gasteiger partial charge in [0, 0.05) is 6.54 Å². The zero-order chi connectivity index (χ0) is 10.1. The van der Waals surface area contributed by atoms with Gasteiger partial charge in [-0.1, -0.05) is 6.92 Å². The van der Waals surface area contributed by atoms with Gasteiger partial charge in [0.25, 0.3) is 0 Å². The summed E-state index contributed by atoms with van der Waals surface area (Å²) < 4.78 is 25.0. The average molecular weight is 202 g/mol. The highest BCUT2D eigenvalue weighted by molar-refractivity contribution is 7.90. The van der Waals surface area contributed by atoms with Crippen molar-refractivity contribution in [2.24, 2.45) is 11.8 Å². The number of nitriles is 1. The summed E-state index contributed by atoms with van der Waals surface area (Å²) in [5.74, 6) is 1.10. The average Bonchev–Trinajstić information content (AvgIpc) is 2.77. The quantitative estimate of drug-likeness (QED) is 0.720. The Hall–Kier alpha value is -0.600. The summed E-state index contributed by atoms with van der Waals surface area (Å²) >= 11 is 0. The van der Waals surface area contributed by atoms with Crippen LogP contribution in [0.3, 0.4) is 0 Å². The van der Waals surface area contributed by atoms with Crippen LogP contribution >= 0.6 is 0 Å². The minimum Gasteiger partial charge on any atom is -0.214 e. The van der Waals surface area contributed by atoms with Crippen molar-refractivity contribution < 1.29 is 8.42 Å². The molecule has 1 saturated carbocycles. The van der Waals surface area contributed by atoms with Gasteiger partial charge in [-0.3, -0.25) is 0 Å². The Bertz CT molecular complexity index is 318. The van der Waals surface area contributed by atoms with Crippen LogP contribution in [0.15, 0.2) is 0 Å². The van der Waals surface area contributed by atoms with E-state index in [2.05, 4.69) is 11.6 Å². The molecule has 1 aliphatic rings. The van der Waals surface area contributed by atoms with Crippen LogP contribution in [0.1, 0.15) is 20.3 Å². The third-order valence-corrected chi connectivity index (χ3v) is 4.08. The number of nitrogens with one attached hydrogen (secondary N) is 1. The molecule has 0 radical (unpaired) electrons. The van der Waals surface area contributed by atoms with Crippen LogP contribution in [-0.4, -0.2) is 20.2 Å². The van der Waals surface area contributed by atoms with E-state index in [1.807, 2.05) is 0 Å². The second kappa shape index (κ2) is 3.64. The second-order valence-corrected chi connectivity index (χ2v) is 5.72. The van der Waals surface area contributed by atoms with Gasteiger partial charge in [-0.25, -0.2) is 13.1 Å². The van der Waals surface area contributed by atoms with E-state index in [9.17, 15) is 8.42 Å². The third-order valence-electron chi connectivity index (χ3n) is 2.47. The van der Waals surface area contributed by atoms with Crippen molar-refractivity contribution in [2.45, 2.75) is 25.5 Å². The minimum absolute atomic E-state index is 0.473. The molecule has 1 rings (SSSR count). The lowest BCUT2D eigenvalue weighted by Crippen LogP contribution is -2.33. The summed E-state index contributed by atoms with van der Waals surface area (Å²) in [5, 5.41) is 7.48. The molecular weight excluding hydrogens is 188 g/mol. The fourth-order valence-corrected chi connectivity index (χ4v) is 1.94. The normalized spacial score (nSPS) is 29.3. The zero-order valence-electron chi connectivity index (χ0n) is 7.82. The summed E-state index contributed by atoms with van der Waals surface area (Å²) in [6.07, 6.45) is 1.09. The monoisotopic (exact) mass is 202 g/mol. The van der Waals surface area contributed by atoms with Crippen molar-refractivity contribution in [3.8, 4) is 6.07 Å². The predicted molar refractivity (Wildman–Crippen MR) is 49.3 cm³/mol. The largest absolute Gasteiger partial charge is 0.227 e. The highest BCUT2D eigenvalue weighted by Gasteiger charge is 2.33. The lowest BCUT2D eigenvalue weighted by atomic mass is 10.3. The fraction of sp³-hybridized carbons (Fsp3) is 0.875. The van der Waals surface area contributed by atoms with E-state index in [0.29, 0.717) is 18.4 Å². The van der Waals surface area contributed by atoms with Crippen LogP contribution in [-0.2, 0) is 10.0 Å². The molecule has 0 aliphatic heterocycles. The third kappa shape index (κ3) is 2.68. The first kappa shape index (κ1) is 10.5. The first-order chi connectivity index (χ1) is 5.97. The Morgan fingerprint density at radius 1 is 1.69 bits per heavy atom. The van der Waals surface area contributed by atoms with E-state index in [1.165, 1.54) is 6.92 Å². The van der Waals surface area contributed by atoms with E-state index >= 15 is 0 Å². The van der Waals surface area contributed by atoms with E-state index < -0.39 is 15.3 Å². The van der Waals surface area contributed by atoms with Gasteiger partial charge in [-0.2, -0.15) is 5.26 Å². The molecule has 0 aromatic carbocycles. The van der Waals surface area contributed by atoms with Crippen LogP contribution < -0.4 is 4.72 Å². The summed E-state index contributed by atoms with van der Waals surface area (Å²) in [5.41, 5.74) is 0. The van der Waals surface area contributed by atoms with E-state index in [0.717, 1.165) is 6.42 Å². The molecule has 5 heteroatoms. The molecule has 0 amide bonds. The Morgan fingerprint density at radius 2 is 2.23 bits per heavy atom. The van der Waals surface area contributed by atoms with Gasteiger partial charge in [0.2, 0.25) is 10.0 Å². The minimum atomic E-state index is -3.40. The highest BCUT2D eigenvalue weighted by Crippen LogP contribution is 2.36. The Balaban J connectivity index is 2.40. The first-order valence-electron chi connectivity index (χ1n) is 4.35. The van der Waals surface area contributed by atoms with Gasteiger partial charge in [0.1, 0.15) is 0 Å². The number of sulfonamides is 1. The molecule has 0 aromatic rings. The standard InChI is InChI=1S/C8H14N2O2S/c1-6-3-8(6)5-10-13(11,12)7(2)4-9/h6-8,10H,3,5H2,1-2H3. The van der Waals surface area contributed by atoms with Gasteiger partial charge in [0.15, 0.2) is 5.25 Å². The number of hydrogen-bond donors (Lipinski definition) is 1. The summed E-state index contributed by atoms with van der Waals surface area (Å²) in [6.45, 7) is 3.96. The Morgan fingerprint density at radius 3 is 2.62 bits per heavy atom. The van der Waals surface area contributed by atoms with Gasteiger partial charge in [-0.05, 0) is 25.2 Å². The first-order valence-corrected chi connectivity index (χ1v) is 5.90. The Kier molecular flexibility index (Phi) is 2.94. The van der Waals surface area contributed by atoms with Gasteiger partial charge in [0.05, 0.1) is 6.07 Å². The summed E-state index contributed by atoms with van der Waals surface area (Å²) in [6, 6.07) is 1.71. The van der Waals surface area contributed by atoms with Gasteiger partial charge >= 0.3 is 0 Å². The molecule has 0 spiro atoms. The molecule has 0 saturated heterocycles. The van der Waals surface area contributed by atoms with Gasteiger partial charge < -0.3 is 0 Å². The summed E-state index contributed by atoms with van der Waals surface area (Å²) in [4.78, 5) is 0. The molecule has 1 N–H and O–H groups in total. The maximum atomic E-state index is 11.3. The molecule has 1 fully saturated rings. The van der Waals surface area contributed by atoms with E-state index in [-0.39, 0.29) is 0 Å². The predicted octanol–water partition coefficient (Wildman–Crippen LogP) is 0.474. The van der Waals surface area contributed by atoms with Crippen LogP contribution in [0.2, 0.25) is 0 Å². The smallest absolute Gasteiger partial charge is 0.214 e. The maximum Gasteiger partial charge on any atom is 0.227 e. The topological polar surface area (TPSA) is 70.0 Å². The fourth-order valence-electron chi connectivity index (χ4n) is 1.10. The van der Waals surface area contributed by atoms with Crippen molar-refractivity contribution in [1.29, 1.82) is 5.26 Å². The number of nitrogens with zero attached hydrogens (tertiary/aromatic N) is 1. The van der Waals surface area contributed by atoms with Crippen molar-refractivity contribution in [3.63, 3.8) is 0 Å². The van der Waals surface area contributed by atoms with Crippen LogP contribution in [0.25, 0.3) is 0 Å². The van der Waals surface area contributed by atoms with Crippen molar-refractivity contribution in [2.75, 3.05) is 6.54 Å². The molecule has 0 bridgehead atoms. The lowest BCUT2D eigenvalue weighted by molar-refractivity contribution is 0.570. The molecule has 3 unspecified atom stereocenters. The second-order valence-electron chi connectivity index (χ2n) is 3.64. The molecule has 0 heterocycles. The Labute approximate surface area is 79.0 Å². The molecule has 4 nitrogen and oxygen atoms in total. The zero-order valence-corrected chi connectivity index (χ0v) is 8.63. The van der Waals surface area contributed by atoms with Crippen LogP contribution in [0, 0.1) is 23.2 Å². The molecular formula is C8H14N2O2S. The maximum absolute atomic E-state index is 11.3. The molecule has 3 atom stereocenters. The van der Waals surface area contributed by atoms with Gasteiger partial charge in [-0.15, -0.1) is 0 Å². The van der Waals surface area contributed by atoms with Crippen LogP contribution in [0.5, 0.6) is 0 Å². The molecule has 13 heavy (non-hydrogen) atoms. The number of hydrogen-bond acceptors (Lipinski definition) is 3. The number of rotatable bonds is 4.